The molecule has 0 fully saturated rings. The Balaban J connectivity index is 4.35. The Hall–Kier alpha value is -1.59. The van der Waals surface area contributed by atoms with E-state index >= 15 is 0 Å². The Labute approximate surface area is 323 Å². The third-order valence-corrected chi connectivity index (χ3v) is 10.6. The van der Waals surface area contributed by atoms with Crippen LogP contribution in [0.5, 0.6) is 0 Å². The maximum Gasteiger partial charge on any atom is 0.306 e. The highest BCUT2D eigenvalue weighted by Gasteiger charge is 2.19. The van der Waals surface area contributed by atoms with E-state index in [-0.39, 0.29) is 31.1 Å². The average molecular weight is 737 g/mol. The summed E-state index contributed by atoms with van der Waals surface area (Å²) in [5.41, 5.74) is 0. The van der Waals surface area contributed by atoms with Gasteiger partial charge in [0.1, 0.15) is 13.2 Å². The minimum absolute atomic E-state index is 0.0657. The van der Waals surface area contributed by atoms with Crippen LogP contribution in [-0.4, -0.2) is 37.2 Å². The van der Waals surface area contributed by atoms with Gasteiger partial charge in [-0.1, -0.05) is 208 Å². The summed E-state index contributed by atoms with van der Waals surface area (Å²) in [6, 6.07) is 0. The monoisotopic (exact) mass is 737 g/mol. The molecule has 0 aliphatic rings. The van der Waals surface area contributed by atoms with Gasteiger partial charge in [-0.2, -0.15) is 0 Å². The van der Waals surface area contributed by atoms with Crippen LogP contribution in [0.15, 0.2) is 0 Å². The number of carbonyl (C=O) groups excluding carboxylic acids is 3. The van der Waals surface area contributed by atoms with E-state index in [2.05, 4.69) is 34.6 Å². The summed E-state index contributed by atoms with van der Waals surface area (Å²) in [4.78, 5) is 37.7. The van der Waals surface area contributed by atoms with Gasteiger partial charge in [0.15, 0.2) is 6.10 Å². The Morgan fingerprint density at radius 2 is 0.731 bits per heavy atom. The molecule has 0 heterocycles. The zero-order valence-corrected chi connectivity index (χ0v) is 35.4. The predicted octanol–water partition coefficient (Wildman–Crippen LogP) is 14.2. The molecule has 0 amide bonds. The zero-order valence-electron chi connectivity index (χ0n) is 35.4. The molecule has 2 atom stereocenters. The zero-order chi connectivity index (χ0) is 38.3. The van der Waals surface area contributed by atoms with E-state index in [9.17, 15) is 14.4 Å². The molecular formula is C46H88O6. The van der Waals surface area contributed by atoms with Gasteiger partial charge in [0.2, 0.25) is 0 Å². The molecule has 0 saturated carbocycles. The summed E-state index contributed by atoms with van der Waals surface area (Å²) in [7, 11) is 0. The minimum Gasteiger partial charge on any atom is -0.462 e. The molecule has 0 radical (unpaired) electrons. The summed E-state index contributed by atoms with van der Waals surface area (Å²) in [5.74, 6) is 0.762. The fourth-order valence-electron chi connectivity index (χ4n) is 6.72. The van der Waals surface area contributed by atoms with Crippen molar-refractivity contribution in [1.82, 2.24) is 0 Å². The number of carbonyl (C=O) groups is 3. The summed E-state index contributed by atoms with van der Waals surface area (Å²) >= 11 is 0. The standard InChI is InChI=1S/C46H88O6/c1-6-8-9-10-11-12-13-14-17-21-28-33-38-46(49)52-43(40-51-45(48)37-32-27-23-22-25-30-35-42(5)7-2)39-50-44(47)36-31-26-20-18-15-16-19-24-29-34-41(3)4/h41-43H,6-40H2,1-5H3/t42?,43-/m0/s1. The largest absolute Gasteiger partial charge is 0.462 e. The normalized spacial score (nSPS) is 12.6. The molecule has 0 aromatic heterocycles. The highest BCUT2D eigenvalue weighted by molar-refractivity contribution is 5.71. The van der Waals surface area contributed by atoms with E-state index in [1.165, 1.54) is 135 Å². The molecule has 0 aromatic rings. The Bertz CT molecular complexity index is 796. The first-order chi connectivity index (χ1) is 25.3. The topological polar surface area (TPSA) is 78.9 Å². The first-order valence-electron chi connectivity index (χ1n) is 22.8. The number of esters is 3. The fourth-order valence-corrected chi connectivity index (χ4v) is 6.72. The molecule has 0 saturated heterocycles. The Morgan fingerprint density at radius 3 is 1.10 bits per heavy atom. The van der Waals surface area contributed by atoms with E-state index in [4.69, 9.17) is 14.2 Å². The first kappa shape index (κ1) is 50.4. The maximum absolute atomic E-state index is 12.7. The minimum atomic E-state index is -0.760. The van der Waals surface area contributed by atoms with Crippen molar-refractivity contribution in [2.24, 2.45) is 11.8 Å². The smallest absolute Gasteiger partial charge is 0.306 e. The van der Waals surface area contributed by atoms with Gasteiger partial charge in [0, 0.05) is 19.3 Å². The van der Waals surface area contributed by atoms with Crippen LogP contribution in [0, 0.1) is 11.8 Å². The molecule has 0 aliphatic heterocycles. The van der Waals surface area contributed by atoms with Gasteiger partial charge >= 0.3 is 17.9 Å². The average Bonchev–Trinajstić information content (AvgIpc) is 3.12. The van der Waals surface area contributed by atoms with Crippen LogP contribution in [-0.2, 0) is 28.6 Å². The second-order valence-corrected chi connectivity index (χ2v) is 16.4. The summed E-state index contributed by atoms with van der Waals surface area (Å²) in [6.45, 7) is 11.3. The SMILES string of the molecule is CCCCCCCCCCCCCCC(=O)O[C@@H](COC(=O)CCCCCCCCCCCC(C)C)COC(=O)CCCCCCCCC(C)CC. The van der Waals surface area contributed by atoms with Gasteiger partial charge in [0.25, 0.3) is 0 Å². The van der Waals surface area contributed by atoms with Crippen molar-refractivity contribution < 1.29 is 28.6 Å². The second-order valence-electron chi connectivity index (χ2n) is 16.4. The number of ether oxygens (including phenoxy) is 3. The lowest BCUT2D eigenvalue weighted by atomic mass is 10.00. The van der Waals surface area contributed by atoms with Crippen LogP contribution in [0.4, 0.5) is 0 Å². The number of hydrogen-bond donors (Lipinski definition) is 0. The highest BCUT2D eigenvalue weighted by atomic mass is 16.6. The molecule has 0 rings (SSSR count). The van der Waals surface area contributed by atoms with Crippen LogP contribution < -0.4 is 0 Å². The molecule has 52 heavy (non-hydrogen) atoms. The van der Waals surface area contributed by atoms with Crippen LogP contribution in [0.2, 0.25) is 0 Å². The lowest BCUT2D eigenvalue weighted by molar-refractivity contribution is -0.167. The second kappa shape index (κ2) is 39.1. The molecule has 0 aromatic carbocycles. The van der Waals surface area contributed by atoms with E-state index < -0.39 is 6.10 Å². The molecule has 1 unspecified atom stereocenters. The van der Waals surface area contributed by atoms with Crippen LogP contribution in [0.1, 0.15) is 247 Å². The summed E-state index contributed by atoms with van der Waals surface area (Å²) in [6.07, 6.45) is 36.6. The molecule has 6 nitrogen and oxygen atoms in total. The predicted molar refractivity (Wildman–Crippen MR) is 220 cm³/mol. The van der Waals surface area contributed by atoms with Crippen molar-refractivity contribution in [3.63, 3.8) is 0 Å². The van der Waals surface area contributed by atoms with Crippen molar-refractivity contribution in [3.05, 3.63) is 0 Å². The van der Waals surface area contributed by atoms with Crippen molar-refractivity contribution >= 4 is 17.9 Å². The first-order valence-corrected chi connectivity index (χ1v) is 22.8. The van der Waals surface area contributed by atoms with E-state index in [0.29, 0.717) is 19.3 Å². The van der Waals surface area contributed by atoms with E-state index in [1.54, 1.807) is 0 Å². The van der Waals surface area contributed by atoms with Gasteiger partial charge < -0.3 is 14.2 Å². The molecule has 0 bridgehead atoms. The maximum atomic E-state index is 12.7. The Kier molecular flexibility index (Phi) is 37.9. The van der Waals surface area contributed by atoms with Crippen molar-refractivity contribution in [1.29, 1.82) is 0 Å². The summed E-state index contributed by atoms with van der Waals surface area (Å²) in [5, 5.41) is 0. The van der Waals surface area contributed by atoms with Gasteiger partial charge in [-0.05, 0) is 31.1 Å². The van der Waals surface area contributed by atoms with Crippen LogP contribution in [0.25, 0.3) is 0 Å². The number of rotatable bonds is 40. The third kappa shape index (κ3) is 38.1. The lowest BCUT2D eigenvalue weighted by Gasteiger charge is -2.18. The van der Waals surface area contributed by atoms with Crippen LogP contribution >= 0.6 is 0 Å². The van der Waals surface area contributed by atoms with Crippen LogP contribution in [0.3, 0.4) is 0 Å². The summed E-state index contributed by atoms with van der Waals surface area (Å²) < 4.78 is 16.7. The molecule has 308 valence electrons. The van der Waals surface area contributed by atoms with Crippen molar-refractivity contribution in [2.75, 3.05) is 13.2 Å². The highest BCUT2D eigenvalue weighted by Crippen LogP contribution is 2.17. The molecule has 6 heteroatoms. The quantitative estimate of drug-likeness (QED) is 0.0354. The third-order valence-electron chi connectivity index (χ3n) is 10.6. The lowest BCUT2D eigenvalue weighted by Crippen LogP contribution is -2.30. The number of hydrogen-bond acceptors (Lipinski definition) is 6. The Morgan fingerprint density at radius 1 is 0.404 bits per heavy atom. The molecular weight excluding hydrogens is 648 g/mol. The van der Waals surface area contributed by atoms with E-state index in [1.807, 2.05) is 0 Å². The molecule has 0 spiro atoms. The fraction of sp³-hybridized carbons (Fsp3) is 0.935. The van der Waals surface area contributed by atoms with Gasteiger partial charge in [-0.15, -0.1) is 0 Å². The van der Waals surface area contributed by atoms with Crippen molar-refractivity contribution in [3.8, 4) is 0 Å². The molecule has 0 N–H and O–H groups in total. The van der Waals surface area contributed by atoms with Crippen molar-refractivity contribution in [2.45, 2.75) is 253 Å². The van der Waals surface area contributed by atoms with E-state index in [0.717, 1.165) is 69.6 Å². The molecule has 0 aliphatic carbocycles. The number of unbranched alkanes of at least 4 members (excludes halogenated alkanes) is 24. The van der Waals surface area contributed by atoms with Gasteiger partial charge in [0.05, 0.1) is 0 Å². The van der Waals surface area contributed by atoms with Gasteiger partial charge in [-0.3, -0.25) is 14.4 Å². The van der Waals surface area contributed by atoms with Gasteiger partial charge in [-0.25, -0.2) is 0 Å².